The number of aliphatic hydroxyl groups is 12. The van der Waals surface area contributed by atoms with Crippen molar-refractivity contribution >= 4 is 11.9 Å². The summed E-state index contributed by atoms with van der Waals surface area (Å²) in [6.45, 7) is 4.08. The number of carboxylic acid groups (broad SMARTS) is 1. The molecule has 0 aromatic heterocycles. The smallest absolute Gasteiger partial charge is 0.335 e. The average molecular weight is 836 g/mol. The van der Waals surface area contributed by atoms with E-state index >= 15 is 0 Å². The number of hydrogen-bond acceptors (Lipinski definition) is 23. The summed E-state index contributed by atoms with van der Waals surface area (Å²) in [5, 5.41) is 140. The van der Waals surface area contributed by atoms with Crippen LogP contribution in [0.3, 0.4) is 0 Å². The summed E-state index contributed by atoms with van der Waals surface area (Å²) in [6, 6.07) is -1.66. The lowest BCUT2D eigenvalue weighted by atomic mass is 9.94. The Morgan fingerprint density at radius 2 is 0.965 bits per heavy atom. The molecule has 5 rings (SSSR count). The first-order chi connectivity index (χ1) is 26.7. The first kappa shape index (κ1) is 46.2. The topological polar surface area (TPSA) is 392 Å². The van der Waals surface area contributed by atoms with Crippen LogP contribution in [0.4, 0.5) is 0 Å². The standard InChI is InChI=1S/C32H53NO24/c1-6-13(37)17(41)24(28(48)49-6)55-29-11(33-9(4)35)22(15(39)10(5-34)52-29)53-31-21(45)19(43)23(26(57-31)27(46)47)54-32-25(18(42)14(38)8(3)51-32)56-30-20(44)16(40)12(36)7(2)50-30/h6-8,10-26,28-32,34,36-45,48H,5H2,1-4H3,(H,33,35)(H,46,47)/t6?,7-,8-,10?,11-,12-,13-,14-,15-,16?,17?,18?,19?,20?,21-,22?,23+,24-,25?,26?,28+,29-,30-,31+,32-/m0/s1. The Bertz CT molecular complexity index is 1350. The highest BCUT2D eigenvalue weighted by molar-refractivity contribution is 5.74. The molecular formula is C32H53NO24. The van der Waals surface area contributed by atoms with Crippen LogP contribution in [-0.2, 0) is 52.2 Å². The van der Waals surface area contributed by atoms with Gasteiger partial charge in [-0.2, -0.15) is 0 Å². The number of aliphatic hydroxyl groups excluding tert-OH is 12. The van der Waals surface area contributed by atoms with Crippen molar-refractivity contribution in [1.82, 2.24) is 5.32 Å². The van der Waals surface area contributed by atoms with Crippen molar-refractivity contribution in [2.45, 2.75) is 181 Å². The number of ether oxygens (including phenoxy) is 9. The van der Waals surface area contributed by atoms with Gasteiger partial charge in [-0.1, -0.05) is 0 Å². The molecule has 0 radical (unpaired) electrons. The minimum absolute atomic E-state index is 0.797. The molecule has 25 heteroatoms. The van der Waals surface area contributed by atoms with Gasteiger partial charge in [0.1, 0.15) is 97.6 Å². The molecule has 0 saturated carbocycles. The number of carboxylic acids is 1. The Hall–Kier alpha value is -1.90. The molecule has 330 valence electrons. The zero-order valence-electron chi connectivity index (χ0n) is 30.9. The number of aliphatic carboxylic acids is 1. The Kier molecular flexibility index (Phi) is 15.2. The summed E-state index contributed by atoms with van der Waals surface area (Å²) >= 11 is 0. The number of carbonyl (C=O) groups excluding carboxylic acids is 1. The molecule has 5 fully saturated rings. The molecule has 0 aromatic carbocycles. The number of carbonyl (C=O) groups is 2. The summed E-state index contributed by atoms with van der Waals surface area (Å²) in [6.07, 6.45) is -42.9. The molecule has 0 spiro atoms. The van der Waals surface area contributed by atoms with E-state index in [9.17, 15) is 76.0 Å². The normalized spacial score (nSPS) is 52.2. The molecule has 0 bridgehead atoms. The second-order valence-electron chi connectivity index (χ2n) is 14.7. The highest BCUT2D eigenvalue weighted by Crippen LogP contribution is 2.36. The SMILES string of the molecule is CC(=O)N[C@H]1C(O[C@@H]2OC(C(=O)O)[C@H](O[C@@H]3O[C@@H](C)[C@H](O)C(O)C3O[C@@H]3O[C@@H](C)[C@H](O)C(O)C3O)C(O)[C@@H]2O)[C@@H](O)C(CO)O[C@H]1O[C@H]1C(O)[C@@H](O)C(C)O[C@H]1O. The Labute approximate surface area is 323 Å². The quantitative estimate of drug-likeness (QED) is 0.0919. The van der Waals surface area contributed by atoms with E-state index in [0.717, 1.165) is 6.92 Å². The Morgan fingerprint density at radius 1 is 0.509 bits per heavy atom. The van der Waals surface area contributed by atoms with E-state index in [-0.39, 0.29) is 0 Å². The first-order valence-electron chi connectivity index (χ1n) is 18.2. The number of hydrogen-bond donors (Lipinski definition) is 14. The van der Waals surface area contributed by atoms with Crippen molar-refractivity contribution in [2.24, 2.45) is 0 Å². The van der Waals surface area contributed by atoms with Gasteiger partial charge < -0.3 is 114 Å². The third kappa shape index (κ3) is 9.54. The van der Waals surface area contributed by atoms with E-state index in [4.69, 9.17) is 42.6 Å². The molecule has 25 nitrogen and oxygen atoms in total. The fourth-order valence-corrected chi connectivity index (χ4v) is 7.20. The maximum Gasteiger partial charge on any atom is 0.335 e. The van der Waals surface area contributed by atoms with Crippen LogP contribution in [0.5, 0.6) is 0 Å². The summed E-state index contributed by atoms with van der Waals surface area (Å²) in [5.74, 6) is -2.62. The van der Waals surface area contributed by atoms with Gasteiger partial charge in [0, 0.05) is 6.92 Å². The van der Waals surface area contributed by atoms with Crippen LogP contribution in [0, 0.1) is 0 Å². The molecule has 57 heavy (non-hydrogen) atoms. The number of rotatable bonds is 11. The fraction of sp³-hybridized carbons (Fsp3) is 0.938. The Morgan fingerprint density at radius 3 is 1.54 bits per heavy atom. The van der Waals surface area contributed by atoms with Crippen LogP contribution in [0.2, 0.25) is 0 Å². The fourth-order valence-electron chi connectivity index (χ4n) is 7.20. The molecule has 5 heterocycles. The lowest BCUT2D eigenvalue weighted by molar-refractivity contribution is -0.389. The van der Waals surface area contributed by atoms with E-state index < -0.39 is 172 Å². The van der Waals surface area contributed by atoms with E-state index in [0.29, 0.717) is 0 Å². The predicted octanol–water partition coefficient (Wildman–Crippen LogP) is -8.61. The molecule has 5 saturated heterocycles. The first-order valence-corrected chi connectivity index (χ1v) is 18.2. The van der Waals surface area contributed by atoms with Crippen molar-refractivity contribution in [2.75, 3.05) is 6.61 Å². The van der Waals surface area contributed by atoms with Gasteiger partial charge in [-0.3, -0.25) is 4.79 Å². The van der Waals surface area contributed by atoms with Crippen molar-refractivity contribution in [3.63, 3.8) is 0 Å². The molecule has 5 aliphatic heterocycles. The van der Waals surface area contributed by atoms with Gasteiger partial charge in [0.25, 0.3) is 0 Å². The second-order valence-corrected chi connectivity index (χ2v) is 14.7. The predicted molar refractivity (Wildman–Crippen MR) is 174 cm³/mol. The molecule has 14 N–H and O–H groups in total. The third-order valence-electron chi connectivity index (χ3n) is 10.6. The van der Waals surface area contributed by atoms with Crippen molar-refractivity contribution in [3.8, 4) is 0 Å². The highest BCUT2D eigenvalue weighted by atomic mass is 16.8. The monoisotopic (exact) mass is 835 g/mol. The zero-order valence-corrected chi connectivity index (χ0v) is 30.9. The van der Waals surface area contributed by atoms with E-state index in [1.807, 2.05) is 0 Å². The number of amides is 1. The van der Waals surface area contributed by atoms with Gasteiger partial charge >= 0.3 is 5.97 Å². The molecule has 25 atom stereocenters. The third-order valence-corrected chi connectivity index (χ3v) is 10.6. The van der Waals surface area contributed by atoms with Gasteiger partial charge in [-0.05, 0) is 20.8 Å². The lowest BCUT2D eigenvalue weighted by Gasteiger charge is -2.50. The number of nitrogens with one attached hydrogen (secondary N) is 1. The van der Waals surface area contributed by atoms with E-state index in [1.165, 1.54) is 20.8 Å². The molecule has 0 aromatic rings. The molecule has 0 aliphatic carbocycles. The molecule has 10 unspecified atom stereocenters. The van der Waals surface area contributed by atoms with Crippen molar-refractivity contribution in [1.29, 1.82) is 0 Å². The highest BCUT2D eigenvalue weighted by Gasteiger charge is 2.57. The van der Waals surface area contributed by atoms with E-state index in [2.05, 4.69) is 5.32 Å². The van der Waals surface area contributed by atoms with Crippen LogP contribution in [0.15, 0.2) is 0 Å². The minimum atomic E-state index is -2.27. The van der Waals surface area contributed by atoms with Gasteiger partial charge in [0.05, 0.1) is 24.9 Å². The Balaban J connectivity index is 1.38. The van der Waals surface area contributed by atoms with Crippen LogP contribution in [0.25, 0.3) is 0 Å². The van der Waals surface area contributed by atoms with Crippen LogP contribution < -0.4 is 5.32 Å². The molecular weight excluding hydrogens is 782 g/mol. The average Bonchev–Trinajstić information content (AvgIpc) is 3.15. The minimum Gasteiger partial charge on any atom is -0.479 e. The maximum absolute atomic E-state index is 12.6. The van der Waals surface area contributed by atoms with Gasteiger partial charge in [-0.15, -0.1) is 0 Å². The van der Waals surface area contributed by atoms with E-state index in [1.54, 1.807) is 0 Å². The summed E-state index contributed by atoms with van der Waals surface area (Å²) < 4.78 is 50.3. The van der Waals surface area contributed by atoms with Crippen molar-refractivity contribution < 1.29 is 119 Å². The van der Waals surface area contributed by atoms with Crippen molar-refractivity contribution in [3.05, 3.63) is 0 Å². The maximum atomic E-state index is 12.6. The zero-order chi connectivity index (χ0) is 42.4. The van der Waals surface area contributed by atoms with Gasteiger partial charge in [-0.25, -0.2) is 4.79 Å². The summed E-state index contributed by atoms with van der Waals surface area (Å²) in [4.78, 5) is 25.0. The second kappa shape index (κ2) is 18.8. The largest absolute Gasteiger partial charge is 0.479 e. The van der Waals surface area contributed by atoms with Crippen LogP contribution >= 0.6 is 0 Å². The van der Waals surface area contributed by atoms with Gasteiger partial charge in [0.15, 0.2) is 37.6 Å². The summed E-state index contributed by atoms with van der Waals surface area (Å²) in [5.41, 5.74) is 0. The molecule has 5 aliphatic rings. The van der Waals surface area contributed by atoms with Crippen LogP contribution in [-0.4, -0.2) is 238 Å². The van der Waals surface area contributed by atoms with Gasteiger partial charge in [0.2, 0.25) is 5.91 Å². The van der Waals surface area contributed by atoms with Crippen LogP contribution in [0.1, 0.15) is 27.7 Å². The molecule has 1 amide bonds. The summed E-state index contributed by atoms with van der Waals surface area (Å²) in [7, 11) is 0. The lowest BCUT2D eigenvalue weighted by Crippen LogP contribution is -2.70.